The molecule has 1 atom stereocenters. The second-order valence-corrected chi connectivity index (χ2v) is 6.74. The normalized spacial score (nSPS) is 17.9. The molecule has 6 nitrogen and oxygen atoms in total. The van der Waals surface area contributed by atoms with E-state index < -0.39 is 0 Å². The molecule has 1 fully saturated rings. The molecular formula is C20H24N5O+. The van der Waals surface area contributed by atoms with Gasteiger partial charge in [-0.3, -0.25) is 0 Å². The zero-order valence-electron chi connectivity index (χ0n) is 15.5. The summed E-state index contributed by atoms with van der Waals surface area (Å²) in [5.74, 6) is 2.37. The molecule has 2 heterocycles. The highest BCUT2D eigenvalue weighted by Crippen LogP contribution is 2.39. The molecule has 134 valence electrons. The summed E-state index contributed by atoms with van der Waals surface area (Å²) in [5, 5.41) is 3.08. The summed E-state index contributed by atoms with van der Waals surface area (Å²) < 4.78 is 5.79. The molecule has 2 aliphatic rings. The molecule has 0 spiro atoms. The lowest BCUT2D eigenvalue weighted by molar-refractivity contribution is 0.339. The number of hydrogen-bond donors (Lipinski definition) is 2. The van der Waals surface area contributed by atoms with Crippen LogP contribution in [0.15, 0.2) is 18.2 Å². The Morgan fingerprint density at radius 2 is 2.19 bits per heavy atom. The quantitative estimate of drug-likeness (QED) is 0.807. The minimum atomic E-state index is 0.495. The molecule has 1 aliphatic heterocycles. The van der Waals surface area contributed by atoms with Crippen LogP contribution in [-0.4, -0.2) is 36.2 Å². The van der Waals surface area contributed by atoms with Crippen molar-refractivity contribution in [3.63, 3.8) is 0 Å². The second-order valence-electron chi connectivity index (χ2n) is 6.74. The van der Waals surface area contributed by atoms with E-state index in [2.05, 4.69) is 45.3 Å². The molecule has 6 heteroatoms. The van der Waals surface area contributed by atoms with E-state index in [1.807, 2.05) is 20.0 Å². The summed E-state index contributed by atoms with van der Waals surface area (Å²) in [6.45, 7) is 5.83. The summed E-state index contributed by atoms with van der Waals surface area (Å²) in [4.78, 5) is 11.7. The van der Waals surface area contributed by atoms with Crippen molar-refractivity contribution in [3.8, 4) is 17.0 Å². The van der Waals surface area contributed by atoms with Crippen molar-refractivity contribution in [2.24, 2.45) is 5.73 Å². The molecule has 2 aromatic rings. The van der Waals surface area contributed by atoms with E-state index in [0.29, 0.717) is 24.3 Å². The summed E-state index contributed by atoms with van der Waals surface area (Å²) in [6, 6.07) is 6.63. The summed E-state index contributed by atoms with van der Waals surface area (Å²) in [5.41, 5.74) is 10.4. The van der Waals surface area contributed by atoms with Crippen LogP contribution in [-0.2, 0) is 0 Å². The van der Waals surface area contributed by atoms with Crippen LogP contribution in [0.25, 0.3) is 17.0 Å². The van der Waals surface area contributed by atoms with Crippen LogP contribution >= 0.6 is 0 Å². The average molecular weight is 350 g/mol. The maximum Gasteiger partial charge on any atom is 0.224 e. The molecular weight excluding hydrogens is 326 g/mol. The van der Waals surface area contributed by atoms with Crippen LogP contribution in [0.3, 0.4) is 0 Å². The van der Waals surface area contributed by atoms with Crippen molar-refractivity contribution in [2.45, 2.75) is 32.7 Å². The van der Waals surface area contributed by atoms with Gasteiger partial charge < -0.3 is 20.7 Å². The first-order valence-electron chi connectivity index (χ1n) is 9.15. The van der Waals surface area contributed by atoms with Crippen molar-refractivity contribution in [2.75, 3.05) is 30.4 Å². The van der Waals surface area contributed by atoms with Crippen LogP contribution in [0.5, 0.6) is 5.75 Å². The van der Waals surface area contributed by atoms with Gasteiger partial charge in [0, 0.05) is 49.5 Å². The molecule has 1 aromatic carbocycles. The Labute approximate surface area is 154 Å². The van der Waals surface area contributed by atoms with Crippen LogP contribution in [0.1, 0.15) is 37.8 Å². The van der Waals surface area contributed by atoms with Gasteiger partial charge in [0.15, 0.2) is 22.6 Å². The minimum Gasteiger partial charge on any atom is -0.484 e. The molecule has 1 unspecified atom stereocenters. The van der Waals surface area contributed by atoms with Crippen LogP contribution in [0.4, 0.5) is 11.8 Å². The van der Waals surface area contributed by atoms with E-state index >= 15 is 0 Å². The first-order chi connectivity index (χ1) is 12.6. The van der Waals surface area contributed by atoms with E-state index in [9.17, 15) is 0 Å². The van der Waals surface area contributed by atoms with Crippen molar-refractivity contribution < 1.29 is 4.74 Å². The Morgan fingerprint density at radius 3 is 2.85 bits per heavy atom. The van der Waals surface area contributed by atoms with E-state index in [-0.39, 0.29) is 0 Å². The Kier molecular flexibility index (Phi) is 4.13. The highest BCUT2D eigenvalue weighted by Gasteiger charge is 2.31. The van der Waals surface area contributed by atoms with Gasteiger partial charge in [-0.1, -0.05) is 0 Å². The van der Waals surface area contributed by atoms with Crippen LogP contribution < -0.4 is 20.7 Å². The minimum absolute atomic E-state index is 0.495. The predicted molar refractivity (Wildman–Crippen MR) is 104 cm³/mol. The Balaban J connectivity index is 1.79. The lowest BCUT2D eigenvalue weighted by Gasteiger charge is -2.23. The molecule has 0 saturated carbocycles. The number of rotatable bonds is 5. The first kappa shape index (κ1) is 16.6. The molecule has 0 amide bonds. The largest absolute Gasteiger partial charge is 0.484 e. The number of nitrogens with one attached hydrogen (secondary N) is 1. The third kappa shape index (κ3) is 2.72. The fourth-order valence-corrected chi connectivity index (χ4v) is 3.67. The maximum absolute atomic E-state index is 5.96. The van der Waals surface area contributed by atoms with Gasteiger partial charge in [0.05, 0.1) is 12.3 Å². The zero-order chi connectivity index (χ0) is 18.3. The maximum atomic E-state index is 5.96. The third-order valence-corrected chi connectivity index (χ3v) is 5.02. The topological polar surface area (TPSA) is 76.3 Å². The highest BCUT2D eigenvalue weighted by molar-refractivity contribution is 5.84. The van der Waals surface area contributed by atoms with Gasteiger partial charge in [0.25, 0.3) is 0 Å². The van der Waals surface area contributed by atoms with Gasteiger partial charge in [0.2, 0.25) is 5.95 Å². The van der Waals surface area contributed by atoms with Gasteiger partial charge in [-0.05, 0) is 26.7 Å². The number of nitrogens with zero attached hydrogens (tertiary/aromatic N) is 3. The predicted octanol–water partition coefficient (Wildman–Crippen LogP) is 3.04. The number of anilines is 2. The number of aromatic nitrogens is 2. The van der Waals surface area contributed by atoms with Gasteiger partial charge in [0.1, 0.15) is 5.82 Å². The lowest BCUT2D eigenvalue weighted by Crippen LogP contribution is -2.27. The molecule has 0 bridgehead atoms. The lowest BCUT2D eigenvalue weighted by atomic mass is 9.90. The van der Waals surface area contributed by atoms with Crippen LogP contribution in [0.2, 0.25) is 0 Å². The Morgan fingerprint density at radius 1 is 1.35 bits per heavy atom. The van der Waals surface area contributed by atoms with Gasteiger partial charge in [-0.25, -0.2) is 4.98 Å². The van der Waals surface area contributed by atoms with Crippen LogP contribution in [0, 0.1) is 6.08 Å². The van der Waals surface area contributed by atoms with E-state index in [4.69, 9.17) is 10.5 Å². The number of benzene rings is 1. The smallest absolute Gasteiger partial charge is 0.224 e. The molecule has 4 rings (SSSR count). The fraction of sp³-hybridized carbons (Fsp3) is 0.400. The molecule has 1 aromatic heterocycles. The van der Waals surface area contributed by atoms with Crippen molar-refractivity contribution in [3.05, 3.63) is 35.4 Å². The SMILES string of the molecule is CCOc1cc(-c2cc(N3CCCC3C)nc(NC)n2)cc2c1C(N)=[C+]2. The number of nitrogens with two attached hydrogens (primary N) is 1. The number of fused-ring (bicyclic) bond motifs is 1. The Bertz CT molecular complexity index is 877. The average Bonchev–Trinajstić information content (AvgIpc) is 3.06. The van der Waals surface area contributed by atoms with Crippen molar-refractivity contribution >= 4 is 17.5 Å². The van der Waals surface area contributed by atoms with Gasteiger partial charge in [-0.2, -0.15) is 4.98 Å². The number of ether oxygens (including phenoxy) is 1. The van der Waals surface area contributed by atoms with Crippen molar-refractivity contribution in [1.29, 1.82) is 0 Å². The van der Waals surface area contributed by atoms with E-state index in [0.717, 1.165) is 40.5 Å². The summed E-state index contributed by atoms with van der Waals surface area (Å²) in [7, 11) is 1.84. The first-order valence-corrected chi connectivity index (χ1v) is 9.15. The van der Waals surface area contributed by atoms with E-state index in [1.54, 1.807) is 0 Å². The summed E-state index contributed by atoms with van der Waals surface area (Å²) in [6.07, 6.45) is 5.54. The fourth-order valence-electron chi connectivity index (χ4n) is 3.67. The summed E-state index contributed by atoms with van der Waals surface area (Å²) >= 11 is 0. The molecule has 1 aliphatic carbocycles. The number of hydrogen-bond acceptors (Lipinski definition) is 6. The van der Waals surface area contributed by atoms with Gasteiger partial charge in [-0.15, -0.1) is 0 Å². The molecule has 1 saturated heterocycles. The molecule has 3 N–H and O–H groups in total. The monoisotopic (exact) mass is 350 g/mol. The standard InChI is InChI=1S/C20H24N5O/c1-4-26-17-10-13(8-14-9-15(21)19(14)17)16-11-18(24-20(22-3)23-16)25-7-5-6-12(25)2/h8,10-12H,4-7,21H2,1-3H3,(H,22,23,24)/q+1. The Hall–Kier alpha value is -2.85. The van der Waals surface area contributed by atoms with Crippen molar-refractivity contribution in [1.82, 2.24) is 9.97 Å². The highest BCUT2D eigenvalue weighted by atomic mass is 16.5. The zero-order valence-corrected chi connectivity index (χ0v) is 15.5. The van der Waals surface area contributed by atoms with E-state index in [1.165, 1.54) is 12.8 Å². The second kappa shape index (κ2) is 6.46. The third-order valence-electron chi connectivity index (χ3n) is 5.02. The molecule has 0 radical (unpaired) electrons. The van der Waals surface area contributed by atoms with Gasteiger partial charge >= 0.3 is 0 Å². The molecule has 26 heavy (non-hydrogen) atoms.